The summed E-state index contributed by atoms with van der Waals surface area (Å²) in [5.41, 5.74) is 0. The second-order valence-electron chi connectivity index (χ2n) is 6.45. The normalized spacial score (nSPS) is 16.3. The molecule has 3 rings (SSSR count). The lowest BCUT2D eigenvalue weighted by molar-refractivity contribution is 0.179. The Morgan fingerprint density at radius 3 is 2.77 bits per heavy atom. The van der Waals surface area contributed by atoms with Crippen molar-refractivity contribution >= 4 is 41.3 Å². The van der Waals surface area contributed by atoms with Crippen molar-refractivity contribution in [2.24, 2.45) is 10.9 Å². The van der Waals surface area contributed by atoms with E-state index in [9.17, 15) is 0 Å². The molecule has 2 N–H and O–H groups in total. The molecule has 0 aliphatic carbocycles. The standard InChI is InChI=1S/C19H28N4OS.HI/c1-2-20-19(22-14-17-5-3-11-24-17)21-13-16-7-9-23(10-8-16)15-18-6-4-12-25-18;/h3-6,11-12,16H,2,7-10,13-15H2,1H3,(H2,20,21,22);1H. The van der Waals surface area contributed by atoms with Crippen molar-refractivity contribution in [2.45, 2.75) is 32.9 Å². The van der Waals surface area contributed by atoms with Crippen LogP contribution < -0.4 is 10.6 Å². The number of hydrogen-bond donors (Lipinski definition) is 2. The van der Waals surface area contributed by atoms with E-state index in [0.717, 1.165) is 31.4 Å². The summed E-state index contributed by atoms with van der Waals surface area (Å²) in [6.07, 6.45) is 4.18. The third kappa shape index (κ3) is 6.92. The fourth-order valence-corrected chi connectivity index (χ4v) is 3.86. The first-order valence-electron chi connectivity index (χ1n) is 9.12. The Kier molecular flexibility index (Phi) is 9.49. The van der Waals surface area contributed by atoms with Gasteiger partial charge >= 0.3 is 0 Å². The maximum atomic E-state index is 5.34. The number of nitrogens with one attached hydrogen (secondary N) is 2. The Hall–Kier alpha value is -1.06. The highest BCUT2D eigenvalue weighted by Gasteiger charge is 2.19. The van der Waals surface area contributed by atoms with E-state index >= 15 is 0 Å². The lowest BCUT2D eigenvalue weighted by atomic mass is 9.97. The maximum Gasteiger partial charge on any atom is 0.191 e. The molecule has 26 heavy (non-hydrogen) atoms. The minimum atomic E-state index is 0. The second kappa shape index (κ2) is 11.6. The molecule has 1 aliphatic rings. The van der Waals surface area contributed by atoms with Crippen LogP contribution in [-0.4, -0.2) is 37.0 Å². The quantitative estimate of drug-likeness (QED) is 0.353. The molecule has 0 aromatic carbocycles. The molecule has 5 nitrogen and oxygen atoms in total. The van der Waals surface area contributed by atoms with Crippen LogP contribution >= 0.6 is 35.3 Å². The van der Waals surface area contributed by atoms with Crippen molar-refractivity contribution in [3.8, 4) is 0 Å². The number of guanidine groups is 1. The van der Waals surface area contributed by atoms with Gasteiger partial charge in [0.25, 0.3) is 0 Å². The zero-order chi connectivity index (χ0) is 17.3. The molecule has 0 bridgehead atoms. The molecule has 0 spiro atoms. The van der Waals surface area contributed by atoms with Gasteiger partial charge in [0, 0.05) is 24.5 Å². The van der Waals surface area contributed by atoms with Gasteiger partial charge in [0.1, 0.15) is 12.3 Å². The minimum absolute atomic E-state index is 0. The molecule has 0 saturated carbocycles. The second-order valence-corrected chi connectivity index (χ2v) is 7.49. The van der Waals surface area contributed by atoms with E-state index in [0.29, 0.717) is 12.5 Å². The number of halogens is 1. The summed E-state index contributed by atoms with van der Waals surface area (Å²) < 4.78 is 5.34. The summed E-state index contributed by atoms with van der Waals surface area (Å²) in [5.74, 6) is 2.48. The van der Waals surface area contributed by atoms with Crippen LogP contribution in [-0.2, 0) is 13.1 Å². The molecular weight excluding hydrogens is 459 g/mol. The number of likely N-dealkylation sites (tertiary alicyclic amines) is 1. The highest BCUT2D eigenvalue weighted by Crippen LogP contribution is 2.20. The van der Waals surface area contributed by atoms with Crippen LogP contribution in [0, 0.1) is 5.92 Å². The van der Waals surface area contributed by atoms with Crippen molar-refractivity contribution in [2.75, 3.05) is 26.2 Å². The monoisotopic (exact) mass is 488 g/mol. The zero-order valence-corrected chi connectivity index (χ0v) is 18.5. The van der Waals surface area contributed by atoms with Crippen molar-refractivity contribution in [3.05, 3.63) is 46.5 Å². The SMILES string of the molecule is CCNC(=NCc1ccco1)NCC1CCN(Cc2cccs2)CC1.I. The smallest absolute Gasteiger partial charge is 0.191 e. The number of hydrogen-bond acceptors (Lipinski definition) is 4. The lowest BCUT2D eigenvalue weighted by Gasteiger charge is -2.32. The Bertz CT molecular complexity index is 622. The van der Waals surface area contributed by atoms with Crippen molar-refractivity contribution in [1.29, 1.82) is 0 Å². The summed E-state index contributed by atoms with van der Waals surface area (Å²) in [6, 6.07) is 8.23. The number of thiophene rings is 1. The largest absolute Gasteiger partial charge is 0.467 e. The van der Waals surface area contributed by atoms with Crippen LogP contribution in [0.1, 0.15) is 30.4 Å². The van der Waals surface area contributed by atoms with Crippen molar-refractivity contribution in [3.63, 3.8) is 0 Å². The molecule has 1 aliphatic heterocycles. The van der Waals surface area contributed by atoms with Gasteiger partial charge < -0.3 is 15.1 Å². The van der Waals surface area contributed by atoms with Gasteiger partial charge in [-0.05, 0) is 62.4 Å². The predicted octanol–water partition coefficient (Wildman–Crippen LogP) is 3.93. The van der Waals surface area contributed by atoms with E-state index in [1.165, 1.54) is 30.8 Å². The molecular formula is C19H29IN4OS. The third-order valence-corrected chi connectivity index (χ3v) is 5.40. The topological polar surface area (TPSA) is 52.8 Å². The maximum absolute atomic E-state index is 5.34. The van der Waals surface area contributed by atoms with Crippen LogP contribution in [0.3, 0.4) is 0 Å². The summed E-state index contributed by atoms with van der Waals surface area (Å²) in [5, 5.41) is 8.97. The highest BCUT2D eigenvalue weighted by molar-refractivity contribution is 14.0. The average molecular weight is 488 g/mol. The van der Waals surface area contributed by atoms with E-state index in [2.05, 4.69) is 45.0 Å². The molecule has 7 heteroatoms. The number of nitrogens with zero attached hydrogens (tertiary/aromatic N) is 2. The molecule has 0 amide bonds. The van der Waals surface area contributed by atoms with Gasteiger partial charge in [-0.3, -0.25) is 4.90 Å². The number of furan rings is 1. The lowest BCUT2D eigenvalue weighted by Crippen LogP contribution is -2.42. The predicted molar refractivity (Wildman–Crippen MR) is 119 cm³/mol. The summed E-state index contributed by atoms with van der Waals surface area (Å²) in [6.45, 7) is 7.98. The van der Waals surface area contributed by atoms with Crippen LogP contribution in [0.2, 0.25) is 0 Å². The van der Waals surface area contributed by atoms with Gasteiger partial charge in [0.15, 0.2) is 5.96 Å². The van der Waals surface area contributed by atoms with E-state index in [1.807, 2.05) is 23.5 Å². The molecule has 3 heterocycles. The molecule has 1 saturated heterocycles. The number of piperidine rings is 1. The van der Waals surface area contributed by atoms with Gasteiger partial charge in [-0.1, -0.05) is 6.07 Å². The zero-order valence-electron chi connectivity index (χ0n) is 15.3. The Morgan fingerprint density at radius 1 is 1.27 bits per heavy atom. The molecule has 2 aromatic rings. The van der Waals surface area contributed by atoms with Crippen molar-refractivity contribution in [1.82, 2.24) is 15.5 Å². The molecule has 144 valence electrons. The Balaban J connectivity index is 0.00000243. The Morgan fingerprint density at radius 2 is 2.12 bits per heavy atom. The third-order valence-electron chi connectivity index (χ3n) is 4.54. The molecule has 0 unspecified atom stereocenters. The summed E-state index contributed by atoms with van der Waals surface area (Å²) in [7, 11) is 0. The first kappa shape index (κ1) is 21.2. The number of rotatable bonds is 7. The van der Waals surface area contributed by atoms with Gasteiger partial charge in [0.05, 0.1) is 6.26 Å². The van der Waals surface area contributed by atoms with Crippen LogP contribution in [0.5, 0.6) is 0 Å². The van der Waals surface area contributed by atoms with E-state index in [4.69, 9.17) is 4.42 Å². The van der Waals surface area contributed by atoms with E-state index in [-0.39, 0.29) is 24.0 Å². The number of aliphatic imine (C=N–C) groups is 1. The van der Waals surface area contributed by atoms with Gasteiger partial charge in [0.2, 0.25) is 0 Å². The fraction of sp³-hybridized carbons (Fsp3) is 0.526. The van der Waals surface area contributed by atoms with Gasteiger partial charge in [-0.15, -0.1) is 35.3 Å². The first-order valence-corrected chi connectivity index (χ1v) is 10.0. The van der Waals surface area contributed by atoms with Gasteiger partial charge in [-0.2, -0.15) is 0 Å². The van der Waals surface area contributed by atoms with Crippen molar-refractivity contribution < 1.29 is 4.42 Å². The molecule has 1 fully saturated rings. The summed E-state index contributed by atoms with van der Waals surface area (Å²) >= 11 is 1.86. The van der Waals surface area contributed by atoms with Crippen LogP contribution in [0.15, 0.2) is 45.3 Å². The summed E-state index contributed by atoms with van der Waals surface area (Å²) in [4.78, 5) is 8.63. The molecule has 0 radical (unpaired) electrons. The minimum Gasteiger partial charge on any atom is -0.467 e. The fourth-order valence-electron chi connectivity index (χ4n) is 3.11. The first-order chi connectivity index (χ1) is 12.3. The molecule has 0 atom stereocenters. The van der Waals surface area contributed by atoms with Crippen LogP contribution in [0.25, 0.3) is 0 Å². The van der Waals surface area contributed by atoms with Crippen LogP contribution in [0.4, 0.5) is 0 Å². The molecule has 2 aromatic heterocycles. The van der Waals surface area contributed by atoms with Gasteiger partial charge in [-0.25, -0.2) is 4.99 Å². The average Bonchev–Trinajstić information content (AvgIpc) is 3.32. The van der Waals surface area contributed by atoms with E-state index < -0.39 is 0 Å². The Labute approximate surface area is 177 Å². The van der Waals surface area contributed by atoms with E-state index in [1.54, 1.807) is 6.26 Å². The highest BCUT2D eigenvalue weighted by atomic mass is 127.